The highest BCUT2D eigenvalue weighted by Crippen LogP contribution is 2.29. The summed E-state index contributed by atoms with van der Waals surface area (Å²) in [7, 11) is 0. The fourth-order valence-electron chi connectivity index (χ4n) is 2.13. The molecular formula is C10H16ClNOS. The molecule has 2 fully saturated rings. The Hall–Kier alpha value is 0.110. The van der Waals surface area contributed by atoms with Gasteiger partial charge in [0, 0.05) is 19.0 Å². The molecule has 0 radical (unpaired) electrons. The van der Waals surface area contributed by atoms with Crippen molar-refractivity contribution >= 4 is 29.3 Å². The molecule has 14 heavy (non-hydrogen) atoms. The Morgan fingerprint density at radius 2 is 2.36 bits per heavy atom. The van der Waals surface area contributed by atoms with Crippen molar-refractivity contribution in [2.45, 2.75) is 24.5 Å². The standard InChI is InChI=1S/C10H16ClNOS/c11-6-8-3-4-12(7-8)10(13)9-2-1-5-14-9/h8-9H,1-7H2. The highest BCUT2D eigenvalue weighted by Gasteiger charge is 2.32. The molecule has 2 aliphatic heterocycles. The van der Waals surface area contributed by atoms with Gasteiger partial charge < -0.3 is 4.90 Å². The van der Waals surface area contributed by atoms with E-state index in [1.165, 1.54) is 6.42 Å². The van der Waals surface area contributed by atoms with Crippen molar-refractivity contribution in [1.82, 2.24) is 4.90 Å². The van der Waals surface area contributed by atoms with Crippen LogP contribution in [0, 0.1) is 5.92 Å². The first-order valence-electron chi connectivity index (χ1n) is 5.27. The van der Waals surface area contributed by atoms with E-state index >= 15 is 0 Å². The molecule has 2 rings (SSSR count). The van der Waals surface area contributed by atoms with Gasteiger partial charge in [-0.1, -0.05) is 0 Å². The van der Waals surface area contributed by atoms with Crippen LogP contribution in [0.25, 0.3) is 0 Å². The number of likely N-dealkylation sites (tertiary alicyclic amines) is 1. The summed E-state index contributed by atoms with van der Waals surface area (Å²) in [4.78, 5) is 14.0. The summed E-state index contributed by atoms with van der Waals surface area (Å²) in [6, 6.07) is 0. The Labute approximate surface area is 94.4 Å². The monoisotopic (exact) mass is 233 g/mol. The minimum Gasteiger partial charge on any atom is -0.341 e. The predicted molar refractivity (Wildman–Crippen MR) is 60.9 cm³/mol. The molecule has 0 aromatic carbocycles. The number of rotatable bonds is 2. The highest BCUT2D eigenvalue weighted by atomic mass is 35.5. The van der Waals surface area contributed by atoms with Crippen LogP contribution in [0.2, 0.25) is 0 Å². The van der Waals surface area contributed by atoms with Gasteiger partial charge in [0.15, 0.2) is 0 Å². The molecule has 2 heterocycles. The first kappa shape index (κ1) is 10.6. The summed E-state index contributed by atoms with van der Waals surface area (Å²) in [6.45, 7) is 1.81. The maximum Gasteiger partial charge on any atom is 0.235 e. The maximum atomic E-state index is 12.0. The summed E-state index contributed by atoms with van der Waals surface area (Å²) in [6.07, 6.45) is 3.37. The summed E-state index contributed by atoms with van der Waals surface area (Å²) < 4.78 is 0. The van der Waals surface area contributed by atoms with Gasteiger partial charge in [-0.05, 0) is 30.9 Å². The highest BCUT2D eigenvalue weighted by molar-refractivity contribution is 8.00. The van der Waals surface area contributed by atoms with Crippen LogP contribution in [-0.4, -0.2) is 40.8 Å². The Morgan fingerprint density at radius 1 is 1.50 bits per heavy atom. The van der Waals surface area contributed by atoms with Crippen LogP contribution in [0.5, 0.6) is 0 Å². The number of thioether (sulfide) groups is 1. The molecule has 80 valence electrons. The molecule has 0 bridgehead atoms. The van der Waals surface area contributed by atoms with Crippen molar-refractivity contribution in [3.05, 3.63) is 0 Å². The van der Waals surface area contributed by atoms with E-state index in [-0.39, 0.29) is 5.25 Å². The van der Waals surface area contributed by atoms with Gasteiger partial charge in [-0.3, -0.25) is 4.79 Å². The molecule has 2 saturated heterocycles. The number of amides is 1. The van der Waals surface area contributed by atoms with Gasteiger partial charge in [0.1, 0.15) is 0 Å². The van der Waals surface area contributed by atoms with Crippen molar-refractivity contribution in [2.75, 3.05) is 24.7 Å². The second-order valence-electron chi connectivity index (χ2n) is 4.09. The molecule has 0 N–H and O–H groups in total. The third-order valence-electron chi connectivity index (χ3n) is 3.02. The minimum atomic E-state index is 0.254. The smallest absolute Gasteiger partial charge is 0.235 e. The van der Waals surface area contributed by atoms with Gasteiger partial charge >= 0.3 is 0 Å². The van der Waals surface area contributed by atoms with Crippen LogP contribution in [-0.2, 0) is 4.79 Å². The number of hydrogen-bond donors (Lipinski definition) is 0. The molecule has 0 saturated carbocycles. The Balaban J connectivity index is 1.86. The van der Waals surface area contributed by atoms with Gasteiger partial charge in [-0.15, -0.1) is 23.4 Å². The lowest BCUT2D eigenvalue weighted by Crippen LogP contribution is -2.35. The van der Waals surface area contributed by atoms with Crippen LogP contribution in [0.1, 0.15) is 19.3 Å². The topological polar surface area (TPSA) is 20.3 Å². The molecule has 2 nitrogen and oxygen atoms in total. The molecule has 1 amide bonds. The average Bonchev–Trinajstić information content (AvgIpc) is 2.88. The van der Waals surface area contributed by atoms with Gasteiger partial charge in [0.2, 0.25) is 5.91 Å². The lowest BCUT2D eigenvalue weighted by atomic mass is 10.2. The van der Waals surface area contributed by atoms with E-state index in [4.69, 9.17) is 11.6 Å². The zero-order valence-electron chi connectivity index (χ0n) is 8.25. The Kier molecular flexibility index (Phi) is 3.61. The van der Waals surface area contributed by atoms with Crippen LogP contribution in [0.4, 0.5) is 0 Å². The average molecular weight is 234 g/mol. The zero-order valence-corrected chi connectivity index (χ0v) is 9.82. The van der Waals surface area contributed by atoms with Gasteiger partial charge in [-0.25, -0.2) is 0 Å². The number of alkyl halides is 1. The second-order valence-corrected chi connectivity index (χ2v) is 5.71. The lowest BCUT2D eigenvalue weighted by Gasteiger charge is -2.19. The normalized spacial score (nSPS) is 32.5. The largest absolute Gasteiger partial charge is 0.341 e. The van der Waals surface area contributed by atoms with Gasteiger partial charge in [0.25, 0.3) is 0 Å². The summed E-state index contributed by atoms with van der Waals surface area (Å²) in [5.74, 6) is 2.75. The SMILES string of the molecule is O=C(C1CCCS1)N1CCC(CCl)C1. The van der Waals surface area contributed by atoms with E-state index in [1.54, 1.807) is 0 Å². The molecule has 0 aromatic heterocycles. The fraction of sp³-hybridized carbons (Fsp3) is 0.900. The van der Waals surface area contributed by atoms with Crippen molar-refractivity contribution in [1.29, 1.82) is 0 Å². The van der Waals surface area contributed by atoms with Gasteiger partial charge in [0.05, 0.1) is 5.25 Å². The Morgan fingerprint density at radius 3 is 2.93 bits per heavy atom. The summed E-state index contributed by atoms with van der Waals surface area (Å²) >= 11 is 7.62. The molecule has 2 atom stereocenters. The van der Waals surface area contributed by atoms with E-state index in [2.05, 4.69) is 0 Å². The van der Waals surface area contributed by atoms with E-state index in [9.17, 15) is 4.79 Å². The van der Waals surface area contributed by atoms with E-state index in [0.717, 1.165) is 31.7 Å². The molecule has 0 spiro atoms. The van der Waals surface area contributed by atoms with Crippen molar-refractivity contribution in [3.63, 3.8) is 0 Å². The van der Waals surface area contributed by atoms with Crippen LogP contribution >= 0.6 is 23.4 Å². The molecular weight excluding hydrogens is 218 g/mol. The Bertz CT molecular complexity index is 218. The van der Waals surface area contributed by atoms with E-state index in [1.807, 2.05) is 16.7 Å². The quantitative estimate of drug-likeness (QED) is 0.680. The molecule has 4 heteroatoms. The zero-order chi connectivity index (χ0) is 9.97. The molecule has 0 aliphatic carbocycles. The number of nitrogens with zero attached hydrogens (tertiary/aromatic N) is 1. The lowest BCUT2D eigenvalue weighted by molar-refractivity contribution is -0.129. The van der Waals surface area contributed by atoms with Crippen LogP contribution in [0.15, 0.2) is 0 Å². The number of hydrogen-bond acceptors (Lipinski definition) is 2. The fourth-order valence-corrected chi connectivity index (χ4v) is 3.63. The van der Waals surface area contributed by atoms with Crippen molar-refractivity contribution in [2.24, 2.45) is 5.92 Å². The molecule has 2 unspecified atom stereocenters. The molecule has 0 aromatic rings. The van der Waals surface area contributed by atoms with E-state index < -0.39 is 0 Å². The summed E-state index contributed by atoms with van der Waals surface area (Å²) in [5, 5.41) is 0.254. The van der Waals surface area contributed by atoms with Crippen molar-refractivity contribution < 1.29 is 4.79 Å². The molecule has 2 aliphatic rings. The van der Waals surface area contributed by atoms with Gasteiger partial charge in [-0.2, -0.15) is 0 Å². The van der Waals surface area contributed by atoms with Crippen LogP contribution < -0.4 is 0 Å². The first-order chi connectivity index (χ1) is 6.81. The predicted octanol–water partition coefficient (Wildman–Crippen LogP) is 1.97. The maximum absolute atomic E-state index is 12.0. The summed E-state index contributed by atoms with van der Waals surface area (Å²) in [5.41, 5.74) is 0. The number of carbonyl (C=O) groups is 1. The minimum absolute atomic E-state index is 0.254. The van der Waals surface area contributed by atoms with E-state index in [0.29, 0.717) is 17.7 Å². The third-order valence-corrected chi connectivity index (χ3v) is 4.82. The van der Waals surface area contributed by atoms with Crippen molar-refractivity contribution in [3.8, 4) is 0 Å². The van der Waals surface area contributed by atoms with Crippen LogP contribution in [0.3, 0.4) is 0 Å². The third kappa shape index (κ3) is 2.19. The second kappa shape index (κ2) is 4.75. The first-order valence-corrected chi connectivity index (χ1v) is 6.86. The number of carbonyl (C=O) groups excluding carboxylic acids is 1. The number of halogens is 1.